The van der Waals surface area contributed by atoms with Crippen LogP contribution in [0.2, 0.25) is 0 Å². The van der Waals surface area contributed by atoms with E-state index in [1.807, 2.05) is 0 Å². The number of aromatic amines is 1. The van der Waals surface area contributed by atoms with Gasteiger partial charge in [-0.15, -0.1) is 11.8 Å². The molecule has 1 aromatic rings. The third-order valence-corrected chi connectivity index (χ3v) is 7.80. The van der Waals surface area contributed by atoms with Gasteiger partial charge in [-0.05, 0) is 43.9 Å². The summed E-state index contributed by atoms with van der Waals surface area (Å²) in [5.41, 5.74) is -1.22. The van der Waals surface area contributed by atoms with Gasteiger partial charge >= 0.3 is 17.8 Å². The van der Waals surface area contributed by atoms with Gasteiger partial charge in [-0.1, -0.05) is 19.6 Å². The van der Waals surface area contributed by atoms with E-state index in [-0.39, 0.29) is 43.8 Å². The lowest BCUT2D eigenvalue weighted by molar-refractivity contribution is -0.153. The number of aromatic nitrogens is 2. The molecular formula is C30H41N3O9. The van der Waals surface area contributed by atoms with Gasteiger partial charge in [-0.2, -0.15) is 0 Å². The van der Waals surface area contributed by atoms with Crippen molar-refractivity contribution in [1.82, 2.24) is 14.9 Å². The Morgan fingerprint density at radius 1 is 1.29 bits per heavy atom. The van der Waals surface area contributed by atoms with Crippen molar-refractivity contribution in [1.29, 1.82) is 1.43 Å². The summed E-state index contributed by atoms with van der Waals surface area (Å²) < 4.78 is 30.5. The zero-order valence-corrected chi connectivity index (χ0v) is 24.1. The van der Waals surface area contributed by atoms with Crippen LogP contribution in [0, 0.1) is 29.6 Å². The third kappa shape index (κ3) is 8.90. The van der Waals surface area contributed by atoms with Gasteiger partial charge in [0.05, 0.1) is 25.2 Å². The summed E-state index contributed by atoms with van der Waals surface area (Å²) in [6, 6.07) is 0. The number of amides is 1. The molecule has 0 bridgehead atoms. The van der Waals surface area contributed by atoms with E-state index in [1.54, 1.807) is 6.08 Å². The largest absolute Gasteiger partial charge is 0.459 e. The lowest BCUT2D eigenvalue weighted by atomic mass is 10.1. The fourth-order valence-corrected chi connectivity index (χ4v) is 5.61. The zero-order valence-electron chi connectivity index (χ0n) is 26.1. The molecule has 0 aromatic carbocycles. The Balaban J connectivity index is 0.00000259. The van der Waals surface area contributed by atoms with E-state index in [4.69, 9.17) is 17.0 Å². The molecule has 1 aromatic heterocycles. The summed E-state index contributed by atoms with van der Waals surface area (Å²) in [5, 5.41) is 7.04. The molecule has 0 spiro atoms. The van der Waals surface area contributed by atoms with Crippen LogP contribution in [0.15, 0.2) is 21.9 Å². The average molecular weight is 591 g/mol. The lowest BCUT2D eigenvalue weighted by Gasteiger charge is -2.16. The number of H-pyrrole nitrogens is 1. The number of hydrogen-bond acceptors (Lipinski definition) is 9. The Labute approximate surface area is 247 Å². The predicted octanol–water partition coefficient (Wildman–Crippen LogP) is 2.30. The maximum Gasteiger partial charge on any atom is 0.407 e. The first-order chi connectivity index (χ1) is 21.3. The maximum atomic E-state index is 12.5. The van der Waals surface area contributed by atoms with E-state index in [9.17, 15) is 24.0 Å². The Hall–Kier alpha value is -3.69. The van der Waals surface area contributed by atoms with E-state index in [0.717, 1.165) is 36.7 Å². The van der Waals surface area contributed by atoms with Gasteiger partial charge in [0.15, 0.2) is 0 Å². The minimum Gasteiger partial charge on any atom is -0.459 e. The molecule has 2 fully saturated rings. The highest BCUT2D eigenvalue weighted by Crippen LogP contribution is 2.54. The van der Waals surface area contributed by atoms with Crippen LogP contribution >= 0.6 is 0 Å². The second kappa shape index (κ2) is 15.5. The van der Waals surface area contributed by atoms with Gasteiger partial charge in [-0.25, -0.2) is 9.59 Å². The first-order valence-corrected chi connectivity index (χ1v) is 14.1. The normalized spacial score (nSPS) is 26.5. The van der Waals surface area contributed by atoms with E-state index in [2.05, 4.69) is 27.3 Å². The van der Waals surface area contributed by atoms with Crippen molar-refractivity contribution in [3.05, 3.63) is 38.7 Å². The molecule has 3 N–H and O–H groups in total. The molecule has 12 nitrogen and oxygen atoms in total. The lowest BCUT2D eigenvalue weighted by Crippen LogP contribution is -2.33. The molecule has 1 saturated carbocycles. The fraction of sp³-hybridized carbons (Fsp3) is 0.633. The fourth-order valence-electron chi connectivity index (χ4n) is 5.61. The molecule has 0 radical (unpaired) electrons. The Morgan fingerprint density at radius 3 is 2.71 bits per heavy atom. The SMILES string of the molecule is [2H]OC[C@H]1O[C@@H](n2cc(/C=C/CNC(=O)OCCC3[C@H]4CCC#CCC[C@@H]34)c(=O)[nH]c2=O)CC1OC(=O)CCC(C)=O.[3H]C. The van der Waals surface area contributed by atoms with Crippen LogP contribution in [-0.4, -0.2) is 65.9 Å². The molecule has 230 valence electrons. The third-order valence-electron chi connectivity index (χ3n) is 7.80. The molecule has 1 saturated heterocycles. The predicted molar refractivity (Wildman–Crippen MR) is 153 cm³/mol. The number of nitrogens with zero attached hydrogens (tertiary/aromatic N) is 1. The van der Waals surface area contributed by atoms with Crippen molar-refractivity contribution in [2.75, 3.05) is 19.8 Å². The molecule has 3 aliphatic rings. The van der Waals surface area contributed by atoms with Gasteiger partial charge in [0.25, 0.3) is 5.56 Å². The molecule has 2 aliphatic carbocycles. The summed E-state index contributed by atoms with van der Waals surface area (Å²) in [4.78, 5) is 62.5. The number of carbonyl (C=O) groups excluding carboxylic acids is 3. The van der Waals surface area contributed by atoms with Gasteiger partial charge in [0.2, 0.25) is 1.43 Å². The van der Waals surface area contributed by atoms with Crippen LogP contribution < -0.4 is 16.6 Å². The second-order valence-electron chi connectivity index (χ2n) is 10.6. The number of carbonyl (C=O) groups is 3. The number of alkyl carbamates (subject to hydrolysis) is 1. The molecule has 1 aliphatic heterocycles. The van der Waals surface area contributed by atoms with Crippen molar-refractivity contribution in [2.45, 2.75) is 84.1 Å². The number of rotatable bonds is 13. The van der Waals surface area contributed by atoms with Crippen molar-refractivity contribution < 1.29 is 35.1 Å². The molecule has 4 rings (SSSR count). The summed E-state index contributed by atoms with van der Waals surface area (Å²) in [5.74, 6) is 7.60. The highest BCUT2D eigenvalue weighted by molar-refractivity contribution is 5.81. The topological polar surface area (TPSA) is 166 Å². The molecule has 2 unspecified atom stereocenters. The molecule has 12 heteroatoms. The standard InChI is InChI=1S/C29H37N3O9.CH4/c1-18(34)10-11-26(35)41-23-15-25(40-24(23)17-33)32-16-19(27(36)31-28(32)37)7-6-13-30-29(38)39-14-12-22-20-8-4-2-3-5-9-21(20)22;/h6-7,16,20-25,33H,4-5,8-15,17H2,1H3,(H,30,38)(H,31,36,37);1H4/b7-6+;/t20-,21+,22?,23?,24-,25-;/m1./s1/i33D;1T. The Bertz CT molecular complexity index is 1330. The van der Waals surface area contributed by atoms with Crippen molar-refractivity contribution >= 4 is 23.9 Å². The zero-order chi connectivity index (χ0) is 32.1. The number of nitrogens with one attached hydrogen (secondary N) is 2. The quantitative estimate of drug-likeness (QED) is 0.231. The first kappa shape index (κ1) is 29.8. The van der Waals surface area contributed by atoms with Crippen LogP contribution in [0.1, 0.15) is 78.9 Å². The van der Waals surface area contributed by atoms with Gasteiger partial charge in [-0.3, -0.25) is 19.1 Å². The summed E-state index contributed by atoms with van der Waals surface area (Å²) in [6.07, 6.45) is 6.19. The molecule has 2 heterocycles. The highest BCUT2D eigenvalue weighted by Gasteiger charge is 2.48. The van der Waals surface area contributed by atoms with E-state index in [1.165, 1.54) is 26.6 Å². The number of esters is 1. The van der Waals surface area contributed by atoms with Gasteiger partial charge in [0.1, 0.15) is 24.2 Å². The number of aliphatic hydroxyl groups excluding tert-OH is 1. The smallest absolute Gasteiger partial charge is 0.407 e. The number of aliphatic hydroxyl groups is 1. The van der Waals surface area contributed by atoms with Crippen LogP contribution in [-0.2, 0) is 23.8 Å². The Morgan fingerprint density at radius 2 is 2.02 bits per heavy atom. The highest BCUT2D eigenvalue weighted by atomic mass is 16.6. The maximum absolute atomic E-state index is 12.5. The van der Waals surface area contributed by atoms with Crippen molar-refractivity contribution in [2.24, 2.45) is 17.8 Å². The number of fused-ring (bicyclic) bond motifs is 1. The second-order valence-corrected chi connectivity index (χ2v) is 10.6. The number of ether oxygens (including phenoxy) is 3. The van der Waals surface area contributed by atoms with Crippen LogP contribution in [0.3, 0.4) is 0 Å². The number of hydrogen-bond donors (Lipinski definition) is 3. The van der Waals surface area contributed by atoms with Crippen LogP contribution in [0.25, 0.3) is 6.08 Å². The van der Waals surface area contributed by atoms with Crippen molar-refractivity contribution in [3.63, 3.8) is 0 Å². The summed E-state index contributed by atoms with van der Waals surface area (Å²) in [6.45, 7) is 1.60. The van der Waals surface area contributed by atoms with Crippen molar-refractivity contribution in [3.8, 4) is 11.8 Å². The molecule has 42 heavy (non-hydrogen) atoms. The van der Waals surface area contributed by atoms with Crippen LogP contribution in [0.5, 0.6) is 0 Å². The van der Waals surface area contributed by atoms with Gasteiger partial charge < -0.3 is 29.4 Å². The molecule has 1 amide bonds. The monoisotopic (exact) mass is 590 g/mol. The van der Waals surface area contributed by atoms with E-state index in [0.29, 0.717) is 24.4 Å². The summed E-state index contributed by atoms with van der Waals surface area (Å²) >= 11 is 0. The summed E-state index contributed by atoms with van der Waals surface area (Å²) in [7, 11) is 1.25. The first-order valence-electron chi connectivity index (χ1n) is 15.5. The number of Topliss-reactive ketones (excluding diaryl/α,β-unsaturated/α-hetero) is 1. The van der Waals surface area contributed by atoms with Crippen LogP contribution in [0.4, 0.5) is 4.79 Å². The van der Waals surface area contributed by atoms with E-state index >= 15 is 0 Å². The van der Waals surface area contributed by atoms with Gasteiger partial charge in [0, 0.05) is 39.8 Å². The van der Waals surface area contributed by atoms with E-state index < -0.39 is 41.7 Å². The Kier molecular flexibility index (Phi) is 11.0. The molecule has 6 atom stereocenters. The minimum absolute atomic E-state index is 0.0363. The molecular weight excluding hydrogens is 546 g/mol. The minimum atomic E-state index is -0.906. The average Bonchev–Trinajstić information content (AvgIpc) is 3.45. The number of ketones is 1.